The van der Waals surface area contributed by atoms with E-state index < -0.39 is 11.7 Å². The zero-order chi connectivity index (χ0) is 21.7. The molecule has 0 aliphatic heterocycles. The summed E-state index contributed by atoms with van der Waals surface area (Å²) in [5.74, 6) is 0.507. The highest BCUT2D eigenvalue weighted by molar-refractivity contribution is 5.76. The van der Waals surface area contributed by atoms with Gasteiger partial charge in [0.05, 0.1) is 6.33 Å². The number of halogens is 1. The van der Waals surface area contributed by atoms with Gasteiger partial charge in [-0.15, -0.1) is 0 Å². The maximum Gasteiger partial charge on any atom is 0.407 e. The second-order valence-electron chi connectivity index (χ2n) is 8.97. The molecule has 2 aromatic rings. The average Bonchev–Trinajstić information content (AvgIpc) is 3.00. The number of oxazole rings is 1. The summed E-state index contributed by atoms with van der Waals surface area (Å²) >= 11 is 0. The maximum absolute atomic E-state index is 13.1. The molecule has 0 bridgehead atoms. The molecular weight excluding hydrogens is 377 g/mol. The zero-order valence-electron chi connectivity index (χ0n) is 17.9. The van der Waals surface area contributed by atoms with Crippen molar-refractivity contribution in [3.8, 4) is 5.75 Å². The van der Waals surface area contributed by atoms with Crippen LogP contribution in [0.4, 0.5) is 15.2 Å². The van der Waals surface area contributed by atoms with Crippen molar-refractivity contribution in [1.82, 2.24) is 10.3 Å². The maximum atomic E-state index is 13.1. The molecule has 1 aromatic heterocycles. The molecule has 0 aliphatic carbocycles. The summed E-state index contributed by atoms with van der Waals surface area (Å²) in [5, 5.41) is 5.67. The minimum atomic E-state index is -0.618. The minimum absolute atomic E-state index is 0.0170. The van der Waals surface area contributed by atoms with Crippen LogP contribution < -0.4 is 15.4 Å². The molecule has 1 heterocycles. The van der Waals surface area contributed by atoms with Gasteiger partial charge in [0.25, 0.3) is 6.01 Å². The van der Waals surface area contributed by atoms with E-state index in [0.29, 0.717) is 29.2 Å². The molecule has 29 heavy (non-hydrogen) atoms. The molecule has 0 spiro atoms. The van der Waals surface area contributed by atoms with Gasteiger partial charge in [-0.05, 0) is 38.3 Å². The number of anilines is 1. The number of nitrogens with zero attached hydrogens (tertiary/aromatic N) is 1. The molecular formula is C21H30FN3O4. The Bertz CT molecular complexity index is 863. The first-order valence-electron chi connectivity index (χ1n) is 9.47. The molecule has 8 heteroatoms. The molecule has 0 radical (unpaired) electrons. The molecule has 2 rings (SSSR count). The number of aromatic nitrogens is 1. The number of hydrogen-bond donors (Lipinski definition) is 2. The predicted molar refractivity (Wildman–Crippen MR) is 111 cm³/mol. The number of rotatable bonds is 7. The Hall–Kier alpha value is -2.77. The lowest BCUT2D eigenvalue weighted by Gasteiger charge is -2.20. The summed E-state index contributed by atoms with van der Waals surface area (Å²) in [6.45, 7) is 12.3. The van der Waals surface area contributed by atoms with Crippen molar-refractivity contribution in [3.05, 3.63) is 30.1 Å². The van der Waals surface area contributed by atoms with E-state index in [1.165, 1.54) is 0 Å². The first kappa shape index (κ1) is 22.5. The number of nitrogens with one attached hydrogen (secondary N) is 2. The van der Waals surface area contributed by atoms with Crippen LogP contribution in [0.2, 0.25) is 0 Å². The van der Waals surface area contributed by atoms with Crippen LogP contribution in [0.1, 0.15) is 41.5 Å². The fraction of sp³-hybridized carbons (Fsp3) is 0.524. The minimum Gasteiger partial charge on any atom is -0.489 e. The van der Waals surface area contributed by atoms with Crippen molar-refractivity contribution >= 4 is 23.2 Å². The lowest BCUT2D eigenvalue weighted by Crippen LogP contribution is -2.34. The van der Waals surface area contributed by atoms with E-state index in [9.17, 15) is 9.18 Å². The third-order valence-corrected chi connectivity index (χ3v) is 3.57. The van der Waals surface area contributed by atoms with Gasteiger partial charge in [0, 0.05) is 24.7 Å². The van der Waals surface area contributed by atoms with E-state index in [2.05, 4.69) is 36.4 Å². The number of fused-ring (bicyclic) bond motifs is 1. The second-order valence-corrected chi connectivity index (χ2v) is 8.97. The molecule has 0 unspecified atom stereocenters. The van der Waals surface area contributed by atoms with E-state index in [4.69, 9.17) is 13.9 Å². The van der Waals surface area contributed by atoms with Crippen molar-refractivity contribution in [3.63, 3.8) is 0 Å². The predicted octanol–water partition coefficient (Wildman–Crippen LogP) is 5.04. The highest BCUT2D eigenvalue weighted by atomic mass is 19.1. The quantitative estimate of drug-likeness (QED) is 0.669. The highest BCUT2D eigenvalue weighted by Crippen LogP contribution is 2.25. The summed E-state index contributed by atoms with van der Waals surface area (Å²) in [6.07, 6.45) is -0.200. The zero-order valence-corrected chi connectivity index (χ0v) is 17.9. The van der Waals surface area contributed by atoms with Crippen LogP contribution >= 0.6 is 0 Å². The number of benzene rings is 1. The van der Waals surface area contributed by atoms with Crippen LogP contribution in [-0.4, -0.2) is 36.4 Å². The van der Waals surface area contributed by atoms with E-state index >= 15 is 0 Å². The van der Waals surface area contributed by atoms with Gasteiger partial charge in [0.1, 0.15) is 23.5 Å². The van der Waals surface area contributed by atoms with Crippen molar-refractivity contribution in [2.24, 2.45) is 5.41 Å². The second kappa shape index (κ2) is 9.15. The SMILES string of the molecule is CC(C)(C)CNc1nc2ccc(OC/C(=C/F)CNC(=O)OC(C)(C)C)cc2o1. The van der Waals surface area contributed by atoms with Gasteiger partial charge in [-0.1, -0.05) is 20.8 Å². The van der Waals surface area contributed by atoms with Gasteiger partial charge in [0.2, 0.25) is 0 Å². The lowest BCUT2D eigenvalue weighted by atomic mass is 9.97. The molecule has 2 N–H and O–H groups in total. The number of amides is 1. The Labute approximate surface area is 170 Å². The summed E-state index contributed by atoms with van der Waals surface area (Å²) in [4.78, 5) is 16.0. The molecule has 0 aliphatic rings. The molecule has 1 aromatic carbocycles. The number of carbonyl (C=O) groups is 1. The van der Waals surface area contributed by atoms with Crippen LogP contribution in [0.5, 0.6) is 5.75 Å². The highest BCUT2D eigenvalue weighted by Gasteiger charge is 2.16. The summed E-state index contributed by atoms with van der Waals surface area (Å²) in [7, 11) is 0. The van der Waals surface area contributed by atoms with Gasteiger partial charge >= 0.3 is 6.09 Å². The van der Waals surface area contributed by atoms with E-state index in [1.54, 1.807) is 39.0 Å². The van der Waals surface area contributed by atoms with Gasteiger partial charge in [-0.3, -0.25) is 0 Å². The van der Waals surface area contributed by atoms with Gasteiger partial charge in [0.15, 0.2) is 5.58 Å². The fourth-order valence-electron chi connectivity index (χ4n) is 2.21. The average molecular weight is 407 g/mol. The monoisotopic (exact) mass is 407 g/mol. The fourth-order valence-corrected chi connectivity index (χ4v) is 2.21. The van der Waals surface area contributed by atoms with Crippen LogP contribution in [0.3, 0.4) is 0 Å². The Morgan fingerprint density at radius 3 is 2.59 bits per heavy atom. The van der Waals surface area contributed by atoms with Crippen molar-refractivity contribution in [2.75, 3.05) is 25.0 Å². The number of hydrogen-bond acceptors (Lipinski definition) is 6. The third-order valence-electron chi connectivity index (χ3n) is 3.57. The first-order chi connectivity index (χ1) is 13.4. The van der Waals surface area contributed by atoms with E-state index in [1.807, 2.05) is 0 Å². The van der Waals surface area contributed by atoms with Crippen molar-refractivity contribution in [1.29, 1.82) is 0 Å². The number of alkyl carbamates (subject to hydrolysis) is 1. The Balaban J connectivity index is 1.91. The van der Waals surface area contributed by atoms with Crippen LogP contribution in [0.25, 0.3) is 11.1 Å². The number of carbonyl (C=O) groups excluding carboxylic acids is 1. The molecule has 0 fully saturated rings. The van der Waals surface area contributed by atoms with E-state index in [0.717, 1.165) is 6.54 Å². The van der Waals surface area contributed by atoms with Crippen LogP contribution in [-0.2, 0) is 4.74 Å². The smallest absolute Gasteiger partial charge is 0.407 e. The Morgan fingerprint density at radius 1 is 1.24 bits per heavy atom. The van der Waals surface area contributed by atoms with Gasteiger partial charge in [-0.25, -0.2) is 9.18 Å². The molecule has 0 saturated carbocycles. The summed E-state index contributed by atoms with van der Waals surface area (Å²) in [5.41, 5.74) is 1.00. The van der Waals surface area contributed by atoms with Crippen molar-refractivity contribution < 1.29 is 23.1 Å². The largest absolute Gasteiger partial charge is 0.489 e. The van der Waals surface area contributed by atoms with Crippen LogP contribution in [0, 0.1) is 5.41 Å². The third kappa shape index (κ3) is 8.01. The first-order valence-corrected chi connectivity index (χ1v) is 9.47. The van der Waals surface area contributed by atoms with Gasteiger partial charge in [-0.2, -0.15) is 4.98 Å². The molecule has 7 nitrogen and oxygen atoms in total. The lowest BCUT2D eigenvalue weighted by molar-refractivity contribution is 0.0531. The molecule has 0 atom stereocenters. The summed E-state index contributed by atoms with van der Waals surface area (Å²) in [6, 6.07) is 5.64. The molecule has 160 valence electrons. The van der Waals surface area contributed by atoms with Gasteiger partial charge < -0.3 is 24.5 Å². The van der Waals surface area contributed by atoms with Crippen LogP contribution in [0.15, 0.2) is 34.5 Å². The standard InChI is InChI=1S/C21H30FN3O4/c1-20(2,3)13-24-18-25-16-8-7-15(9-17(16)28-18)27-12-14(10-22)11-23-19(26)29-21(4,5)6/h7-10H,11-13H2,1-6H3,(H,23,26)(H,24,25)/b14-10+. The van der Waals surface area contributed by atoms with Crippen molar-refractivity contribution in [2.45, 2.75) is 47.1 Å². The Kier molecular flexibility index (Phi) is 7.11. The normalized spacial score (nSPS) is 12.7. The summed E-state index contributed by atoms with van der Waals surface area (Å²) < 4.78 is 29.5. The topological polar surface area (TPSA) is 85.6 Å². The molecule has 1 amide bonds. The number of ether oxygens (including phenoxy) is 2. The van der Waals surface area contributed by atoms with E-state index in [-0.39, 0.29) is 24.1 Å². The molecule has 0 saturated heterocycles. The Morgan fingerprint density at radius 2 is 1.97 bits per heavy atom.